The summed E-state index contributed by atoms with van der Waals surface area (Å²) >= 11 is 0. The lowest BCUT2D eigenvalue weighted by Crippen LogP contribution is -2.39. The quantitative estimate of drug-likeness (QED) is 0.797. The highest BCUT2D eigenvalue weighted by Crippen LogP contribution is 2.36. The van der Waals surface area contributed by atoms with Crippen molar-refractivity contribution in [2.75, 3.05) is 0 Å². The molecule has 1 unspecified atom stereocenters. The maximum absolute atomic E-state index is 12.0. The van der Waals surface area contributed by atoms with Crippen LogP contribution in [0.3, 0.4) is 0 Å². The molecule has 0 saturated carbocycles. The molecule has 92 valence electrons. The number of carbonyl (C=O) groups excluding carboxylic acids is 1. The third-order valence-corrected chi connectivity index (χ3v) is 3.13. The molecule has 0 aliphatic carbocycles. The lowest BCUT2D eigenvalue weighted by atomic mass is 10.00. The topological polar surface area (TPSA) is 46.5 Å². The lowest BCUT2D eigenvalue weighted by Gasteiger charge is -2.20. The molecule has 1 aliphatic heterocycles. The molecule has 1 aromatic rings. The normalized spacial score (nSPS) is 22.4. The van der Waals surface area contributed by atoms with E-state index in [9.17, 15) is 9.90 Å². The Morgan fingerprint density at radius 1 is 1.24 bits per heavy atom. The number of ether oxygens (including phenoxy) is 1. The molecule has 1 aliphatic rings. The third kappa shape index (κ3) is 2.34. The van der Waals surface area contributed by atoms with E-state index >= 15 is 0 Å². The van der Waals surface area contributed by atoms with E-state index in [1.54, 1.807) is 24.3 Å². The van der Waals surface area contributed by atoms with Crippen LogP contribution in [0.1, 0.15) is 49.4 Å². The van der Waals surface area contributed by atoms with Gasteiger partial charge in [-0.3, -0.25) is 4.79 Å². The van der Waals surface area contributed by atoms with Gasteiger partial charge < -0.3 is 9.84 Å². The van der Waals surface area contributed by atoms with Gasteiger partial charge in [-0.15, -0.1) is 0 Å². The van der Waals surface area contributed by atoms with E-state index in [-0.39, 0.29) is 5.78 Å². The molecule has 3 nitrogen and oxygen atoms in total. The van der Waals surface area contributed by atoms with E-state index in [0.717, 1.165) is 25.7 Å². The van der Waals surface area contributed by atoms with Gasteiger partial charge in [0.25, 0.3) is 5.79 Å². The van der Waals surface area contributed by atoms with Gasteiger partial charge in [0.15, 0.2) is 0 Å². The van der Waals surface area contributed by atoms with Crippen molar-refractivity contribution >= 4 is 5.78 Å². The molecule has 3 heteroatoms. The van der Waals surface area contributed by atoms with E-state index in [2.05, 4.69) is 6.92 Å². The Morgan fingerprint density at radius 2 is 2.00 bits per heavy atom. The van der Waals surface area contributed by atoms with Crippen LogP contribution in [0.2, 0.25) is 0 Å². The molecule has 0 fully saturated rings. The van der Waals surface area contributed by atoms with Crippen LogP contribution in [-0.2, 0) is 0 Å². The van der Waals surface area contributed by atoms with Crippen LogP contribution in [0, 0.1) is 0 Å². The lowest BCUT2D eigenvalue weighted by molar-refractivity contribution is -0.0961. The van der Waals surface area contributed by atoms with Crippen molar-refractivity contribution in [1.82, 2.24) is 0 Å². The van der Waals surface area contributed by atoms with E-state index in [1.165, 1.54) is 0 Å². The Kier molecular flexibility index (Phi) is 3.48. The third-order valence-electron chi connectivity index (χ3n) is 3.13. The Labute approximate surface area is 101 Å². The molecule has 0 aromatic heterocycles. The summed E-state index contributed by atoms with van der Waals surface area (Å²) in [4.78, 5) is 12.0. The molecule has 1 atom stereocenters. The number of hydrogen-bond donors (Lipinski definition) is 1. The number of carbonyl (C=O) groups is 1. The van der Waals surface area contributed by atoms with Crippen LogP contribution >= 0.6 is 0 Å². The SMILES string of the molecule is CCCCCCC1(O)Oc2ccccc2C1=O. The number of unbranched alkanes of at least 4 members (excludes halogenated alkanes) is 3. The highest BCUT2D eigenvalue weighted by Gasteiger charge is 2.45. The van der Waals surface area contributed by atoms with Gasteiger partial charge in [-0.05, 0) is 18.6 Å². The first-order valence-electron chi connectivity index (χ1n) is 6.22. The van der Waals surface area contributed by atoms with Crippen molar-refractivity contribution in [3.8, 4) is 5.75 Å². The van der Waals surface area contributed by atoms with Crippen molar-refractivity contribution < 1.29 is 14.6 Å². The first kappa shape index (κ1) is 12.1. The molecule has 0 saturated heterocycles. The molecule has 1 heterocycles. The summed E-state index contributed by atoms with van der Waals surface area (Å²) < 4.78 is 5.39. The number of hydrogen-bond acceptors (Lipinski definition) is 3. The van der Waals surface area contributed by atoms with Crippen LogP contribution in [-0.4, -0.2) is 16.7 Å². The number of rotatable bonds is 5. The highest BCUT2D eigenvalue weighted by molar-refractivity contribution is 6.06. The maximum atomic E-state index is 12.0. The zero-order valence-corrected chi connectivity index (χ0v) is 10.1. The Balaban J connectivity index is 2.02. The summed E-state index contributed by atoms with van der Waals surface area (Å²) in [6.07, 6.45) is 4.46. The van der Waals surface area contributed by atoms with Crippen molar-refractivity contribution in [3.63, 3.8) is 0 Å². The summed E-state index contributed by atoms with van der Waals surface area (Å²) in [6.45, 7) is 2.13. The van der Waals surface area contributed by atoms with E-state index in [0.29, 0.717) is 17.7 Å². The van der Waals surface area contributed by atoms with Crippen LogP contribution in [0.5, 0.6) is 5.75 Å². The predicted molar refractivity (Wildman–Crippen MR) is 65.1 cm³/mol. The number of fused-ring (bicyclic) bond motifs is 1. The van der Waals surface area contributed by atoms with Gasteiger partial charge in [-0.2, -0.15) is 0 Å². The molecular formula is C14H18O3. The second-order valence-corrected chi connectivity index (χ2v) is 4.52. The fraction of sp³-hybridized carbons (Fsp3) is 0.500. The van der Waals surface area contributed by atoms with Crippen LogP contribution in [0.4, 0.5) is 0 Å². The predicted octanol–water partition coefficient (Wildman–Crippen LogP) is 2.92. The molecule has 0 spiro atoms. The van der Waals surface area contributed by atoms with Gasteiger partial charge in [0.05, 0.1) is 5.56 Å². The summed E-state index contributed by atoms with van der Waals surface area (Å²) in [7, 11) is 0. The van der Waals surface area contributed by atoms with Gasteiger partial charge in [0.2, 0.25) is 5.78 Å². The fourth-order valence-corrected chi connectivity index (χ4v) is 2.14. The molecule has 17 heavy (non-hydrogen) atoms. The van der Waals surface area contributed by atoms with Crippen molar-refractivity contribution in [2.45, 2.75) is 44.8 Å². The van der Waals surface area contributed by atoms with Crippen LogP contribution in [0.25, 0.3) is 0 Å². The monoisotopic (exact) mass is 234 g/mol. The zero-order chi connectivity index (χ0) is 12.3. The van der Waals surface area contributed by atoms with Gasteiger partial charge in [0.1, 0.15) is 5.75 Å². The molecule has 1 aromatic carbocycles. The van der Waals surface area contributed by atoms with Crippen LogP contribution < -0.4 is 4.74 Å². The van der Waals surface area contributed by atoms with Gasteiger partial charge >= 0.3 is 0 Å². The highest BCUT2D eigenvalue weighted by atomic mass is 16.6. The first-order valence-corrected chi connectivity index (χ1v) is 6.22. The van der Waals surface area contributed by atoms with Crippen LogP contribution in [0.15, 0.2) is 24.3 Å². The molecule has 1 N–H and O–H groups in total. The summed E-state index contributed by atoms with van der Waals surface area (Å²) in [5, 5.41) is 10.2. The van der Waals surface area contributed by atoms with Gasteiger partial charge in [-0.25, -0.2) is 0 Å². The van der Waals surface area contributed by atoms with E-state index in [1.807, 2.05) is 0 Å². The fourth-order valence-electron chi connectivity index (χ4n) is 2.14. The smallest absolute Gasteiger partial charge is 0.272 e. The van der Waals surface area contributed by atoms with Crippen molar-refractivity contribution in [1.29, 1.82) is 0 Å². The maximum Gasteiger partial charge on any atom is 0.272 e. The summed E-state index contributed by atoms with van der Waals surface area (Å²) in [6, 6.07) is 7.00. The molecule has 0 radical (unpaired) electrons. The van der Waals surface area contributed by atoms with Crippen molar-refractivity contribution in [3.05, 3.63) is 29.8 Å². The number of ketones is 1. The molecule has 0 bridgehead atoms. The Morgan fingerprint density at radius 3 is 2.71 bits per heavy atom. The first-order chi connectivity index (χ1) is 8.17. The van der Waals surface area contributed by atoms with E-state index in [4.69, 9.17) is 4.74 Å². The summed E-state index contributed by atoms with van der Waals surface area (Å²) in [5.74, 6) is -1.43. The number of Topliss-reactive ketones (excluding diaryl/α,β-unsaturated/α-hetero) is 1. The Hall–Kier alpha value is -1.35. The second-order valence-electron chi connectivity index (χ2n) is 4.52. The average molecular weight is 234 g/mol. The summed E-state index contributed by atoms with van der Waals surface area (Å²) in [5.41, 5.74) is 0.491. The Bertz CT molecular complexity index is 414. The minimum Gasteiger partial charge on any atom is -0.454 e. The minimum absolute atomic E-state index is 0.301. The molecule has 0 amide bonds. The molecule has 2 rings (SSSR count). The molecular weight excluding hydrogens is 216 g/mol. The zero-order valence-electron chi connectivity index (χ0n) is 10.1. The van der Waals surface area contributed by atoms with Gasteiger partial charge in [0, 0.05) is 6.42 Å². The standard InChI is InChI=1S/C14H18O3/c1-2-3-4-7-10-14(16)13(15)11-8-5-6-9-12(11)17-14/h5-6,8-9,16H,2-4,7,10H2,1H3. The van der Waals surface area contributed by atoms with Crippen molar-refractivity contribution in [2.24, 2.45) is 0 Å². The average Bonchev–Trinajstić information content (AvgIpc) is 2.59. The van der Waals surface area contributed by atoms with Gasteiger partial charge in [-0.1, -0.05) is 38.3 Å². The second kappa shape index (κ2) is 4.88. The largest absolute Gasteiger partial charge is 0.454 e. The minimum atomic E-state index is -1.63. The number of aliphatic hydroxyl groups is 1. The van der Waals surface area contributed by atoms with E-state index < -0.39 is 5.79 Å². The number of benzene rings is 1. The number of para-hydroxylation sites is 1.